The lowest BCUT2D eigenvalue weighted by molar-refractivity contribution is 0.298. The summed E-state index contributed by atoms with van der Waals surface area (Å²) in [5.41, 5.74) is 2.57. The number of aromatic nitrogens is 4. The lowest BCUT2D eigenvalue weighted by Gasteiger charge is -2.12. The highest BCUT2D eigenvalue weighted by atomic mass is 79.9. The van der Waals surface area contributed by atoms with Gasteiger partial charge in [-0.25, -0.2) is 9.97 Å². The molecule has 0 saturated heterocycles. The first kappa shape index (κ1) is 21.5. The van der Waals surface area contributed by atoms with Gasteiger partial charge in [0.2, 0.25) is 5.95 Å². The second kappa shape index (κ2) is 9.21. The van der Waals surface area contributed by atoms with Crippen molar-refractivity contribution in [2.45, 2.75) is 6.61 Å². The molecule has 0 radical (unpaired) electrons. The minimum atomic E-state index is -0.570. The summed E-state index contributed by atoms with van der Waals surface area (Å²) in [6, 6.07) is 9.92. The van der Waals surface area contributed by atoms with Gasteiger partial charge in [-0.2, -0.15) is 4.39 Å². The van der Waals surface area contributed by atoms with Gasteiger partial charge < -0.3 is 14.5 Å². The minimum Gasteiger partial charge on any atom is -0.496 e. The zero-order valence-electron chi connectivity index (χ0n) is 16.0. The second-order valence-electron chi connectivity index (χ2n) is 6.35. The average Bonchev–Trinajstić information content (AvgIpc) is 3.14. The molecule has 0 atom stereocenters. The van der Waals surface area contributed by atoms with Crippen LogP contribution in [-0.4, -0.2) is 27.0 Å². The third-order valence-electron chi connectivity index (χ3n) is 4.36. The Labute approximate surface area is 195 Å². The van der Waals surface area contributed by atoms with Gasteiger partial charge in [0.15, 0.2) is 5.15 Å². The van der Waals surface area contributed by atoms with Crippen molar-refractivity contribution in [2.75, 3.05) is 7.11 Å². The molecule has 0 saturated carbocycles. The molecule has 0 fully saturated rings. The van der Waals surface area contributed by atoms with Gasteiger partial charge in [0.25, 0.3) is 0 Å². The third kappa shape index (κ3) is 4.81. The van der Waals surface area contributed by atoms with Gasteiger partial charge in [-0.1, -0.05) is 23.2 Å². The highest BCUT2D eigenvalue weighted by molar-refractivity contribution is 9.10. The van der Waals surface area contributed by atoms with Crippen molar-refractivity contribution >= 4 is 39.1 Å². The van der Waals surface area contributed by atoms with Crippen LogP contribution in [0.3, 0.4) is 0 Å². The molecule has 3 heterocycles. The van der Waals surface area contributed by atoms with Gasteiger partial charge in [-0.15, -0.1) is 0 Å². The first-order chi connectivity index (χ1) is 14.9. The van der Waals surface area contributed by atoms with E-state index in [2.05, 4.69) is 35.9 Å². The molecule has 31 heavy (non-hydrogen) atoms. The number of benzene rings is 1. The smallest absolute Gasteiger partial charge is 0.212 e. The van der Waals surface area contributed by atoms with E-state index in [-0.39, 0.29) is 11.8 Å². The van der Waals surface area contributed by atoms with Crippen molar-refractivity contribution in [1.82, 2.24) is 19.9 Å². The number of hydrogen-bond acceptors (Lipinski definition) is 5. The van der Waals surface area contributed by atoms with Gasteiger partial charge in [0, 0.05) is 34.1 Å². The van der Waals surface area contributed by atoms with Crippen LogP contribution in [0.4, 0.5) is 4.39 Å². The molecular formula is C21H14BrCl2FN4O2. The number of nitrogens with one attached hydrogen (secondary N) is 1. The summed E-state index contributed by atoms with van der Waals surface area (Å²) < 4.78 is 25.2. The van der Waals surface area contributed by atoms with E-state index in [0.717, 1.165) is 4.47 Å². The topological polar surface area (TPSA) is 72.9 Å². The summed E-state index contributed by atoms with van der Waals surface area (Å²) in [7, 11) is 1.55. The minimum absolute atomic E-state index is 0.243. The quantitative estimate of drug-likeness (QED) is 0.299. The predicted molar refractivity (Wildman–Crippen MR) is 120 cm³/mol. The maximum Gasteiger partial charge on any atom is 0.212 e. The fraction of sp³-hybridized carbons (Fsp3) is 0.0952. The summed E-state index contributed by atoms with van der Waals surface area (Å²) in [4.78, 5) is 15.4. The molecule has 6 nitrogen and oxygen atoms in total. The number of pyridine rings is 2. The Bertz CT molecular complexity index is 1230. The zero-order chi connectivity index (χ0) is 22.0. The predicted octanol–water partition coefficient (Wildman–Crippen LogP) is 6.33. The van der Waals surface area contributed by atoms with E-state index in [9.17, 15) is 4.39 Å². The van der Waals surface area contributed by atoms with Crippen LogP contribution in [0.1, 0.15) is 5.69 Å². The molecule has 0 aliphatic carbocycles. The first-order valence-electron chi connectivity index (χ1n) is 8.93. The molecule has 0 aliphatic heterocycles. The van der Waals surface area contributed by atoms with E-state index in [1.165, 1.54) is 12.3 Å². The van der Waals surface area contributed by atoms with Crippen molar-refractivity contribution < 1.29 is 13.9 Å². The van der Waals surface area contributed by atoms with Crippen LogP contribution in [0, 0.1) is 5.95 Å². The highest BCUT2D eigenvalue weighted by Crippen LogP contribution is 2.37. The van der Waals surface area contributed by atoms with Crippen LogP contribution in [0.5, 0.6) is 11.5 Å². The second-order valence-corrected chi connectivity index (χ2v) is 8.00. The highest BCUT2D eigenvalue weighted by Gasteiger charge is 2.17. The van der Waals surface area contributed by atoms with Gasteiger partial charge in [-0.3, -0.25) is 4.98 Å². The van der Waals surface area contributed by atoms with E-state index in [0.29, 0.717) is 44.9 Å². The Balaban J connectivity index is 1.59. The largest absolute Gasteiger partial charge is 0.496 e. The SMILES string of the molecule is COc1cc(OCc2ncc(Cl)cc2Br)ccc1-c1[nH]c(-c2ccc(F)nc2)nc1Cl. The Morgan fingerprint density at radius 2 is 1.94 bits per heavy atom. The van der Waals surface area contributed by atoms with Crippen LogP contribution in [0.15, 0.2) is 53.3 Å². The van der Waals surface area contributed by atoms with Crippen LogP contribution in [0.2, 0.25) is 10.2 Å². The average molecular weight is 524 g/mol. The molecule has 0 unspecified atom stereocenters. The van der Waals surface area contributed by atoms with Crippen molar-refractivity contribution in [2.24, 2.45) is 0 Å². The Kier molecular flexibility index (Phi) is 6.41. The van der Waals surface area contributed by atoms with Crippen LogP contribution >= 0.6 is 39.1 Å². The number of imidazole rings is 1. The van der Waals surface area contributed by atoms with Gasteiger partial charge in [-0.05, 0) is 46.3 Å². The molecular weight excluding hydrogens is 510 g/mol. The molecule has 1 N–H and O–H groups in total. The number of halogens is 4. The number of hydrogen-bond donors (Lipinski definition) is 1. The fourth-order valence-corrected chi connectivity index (χ4v) is 3.84. The van der Waals surface area contributed by atoms with Gasteiger partial charge >= 0.3 is 0 Å². The van der Waals surface area contributed by atoms with Crippen molar-refractivity contribution in [3.63, 3.8) is 0 Å². The number of aromatic amines is 1. The molecule has 4 aromatic rings. The van der Waals surface area contributed by atoms with Crippen LogP contribution in [-0.2, 0) is 6.61 Å². The van der Waals surface area contributed by atoms with E-state index in [1.54, 1.807) is 37.6 Å². The normalized spacial score (nSPS) is 10.9. The number of H-pyrrole nitrogens is 1. The van der Waals surface area contributed by atoms with E-state index >= 15 is 0 Å². The summed E-state index contributed by atoms with van der Waals surface area (Å²) in [5.74, 6) is 1.02. The Hall–Kier alpha value is -2.68. The van der Waals surface area contributed by atoms with E-state index in [4.69, 9.17) is 32.7 Å². The lowest BCUT2D eigenvalue weighted by atomic mass is 10.1. The monoisotopic (exact) mass is 522 g/mol. The number of nitrogens with zero attached hydrogens (tertiary/aromatic N) is 3. The molecule has 0 amide bonds. The van der Waals surface area contributed by atoms with E-state index < -0.39 is 5.95 Å². The third-order valence-corrected chi connectivity index (χ3v) is 5.53. The molecule has 4 rings (SSSR count). The fourth-order valence-electron chi connectivity index (χ4n) is 2.85. The summed E-state index contributed by atoms with van der Waals surface area (Å²) in [6.45, 7) is 0.243. The Morgan fingerprint density at radius 1 is 1.10 bits per heavy atom. The molecule has 3 aromatic heterocycles. The molecule has 0 aliphatic rings. The first-order valence-corrected chi connectivity index (χ1v) is 10.5. The Morgan fingerprint density at radius 3 is 2.65 bits per heavy atom. The maximum absolute atomic E-state index is 13.1. The maximum atomic E-state index is 13.1. The standard InChI is InChI=1S/C21H14BrCl2FN4O2/c1-30-17-7-13(31-10-16-15(22)6-12(23)9-26-16)3-4-14(17)19-20(24)29-21(28-19)11-2-5-18(25)27-8-11/h2-9H,10H2,1H3,(H,28,29). The lowest BCUT2D eigenvalue weighted by Crippen LogP contribution is -2.00. The molecule has 10 heteroatoms. The van der Waals surface area contributed by atoms with Gasteiger partial charge in [0.05, 0.1) is 23.5 Å². The van der Waals surface area contributed by atoms with Crippen LogP contribution in [0.25, 0.3) is 22.6 Å². The summed E-state index contributed by atoms with van der Waals surface area (Å²) in [6.07, 6.45) is 2.94. The van der Waals surface area contributed by atoms with Crippen LogP contribution < -0.4 is 9.47 Å². The van der Waals surface area contributed by atoms with Crippen molar-refractivity contribution in [3.05, 3.63) is 75.1 Å². The zero-order valence-corrected chi connectivity index (χ0v) is 19.1. The van der Waals surface area contributed by atoms with Crippen molar-refractivity contribution in [3.8, 4) is 34.1 Å². The van der Waals surface area contributed by atoms with E-state index in [1.807, 2.05) is 6.07 Å². The van der Waals surface area contributed by atoms with Gasteiger partial charge in [0.1, 0.15) is 23.9 Å². The summed E-state index contributed by atoms with van der Waals surface area (Å²) >= 11 is 15.7. The molecule has 0 bridgehead atoms. The van der Waals surface area contributed by atoms with Crippen molar-refractivity contribution in [1.29, 1.82) is 0 Å². The number of ether oxygens (including phenoxy) is 2. The molecule has 158 valence electrons. The summed E-state index contributed by atoms with van der Waals surface area (Å²) in [5, 5.41) is 0.787. The number of methoxy groups -OCH3 is 1. The molecule has 0 spiro atoms. The number of rotatable bonds is 6. The molecule has 1 aromatic carbocycles.